The monoisotopic (exact) mass is 901 g/mol. The number of carbonyl (C=O) groups excluding carboxylic acids is 4. The molecule has 14 nitrogen and oxygen atoms in total. The van der Waals surface area contributed by atoms with Crippen LogP contribution < -0.4 is 5.73 Å². The van der Waals surface area contributed by atoms with Crippen molar-refractivity contribution in [2.75, 3.05) is 27.9 Å². The maximum absolute atomic E-state index is 14.3. The minimum absolute atomic E-state index is 0.00702. The summed E-state index contributed by atoms with van der Waals surface area (Å²) in [6, 6.07) is -1.65. The number of amides is 1. The molecular formula is C50H80N2O12. The minimum Gasteiger partial charge on any atom is -0.459 e. The Kier molecular flexibility index (Phi) is 21.0. The molecule has 14 heteroatoms. The van der Waals surface area contributed by atoms with Crippen LogP contribution in [-0.2, 0) is 42.9 Å². The van der Waals surface area contributed by atoms with Crippen LogP contribution in [0.2, 0.25) is 0 Å². The van der Waals surface area contributed by atoms with Crippen molar-refractivity contribution in [3.8, 4) is 0 Å². The van der Waals surface area contributed by atoms with Crippen LogP contribution in [0.3, 0.4) is 0 Å². The Hall–Kier alpha value is -3.08. The Morgan fingerprint density at radius 3 is 2.20 bits per heavy atom. The number of ketones is 2. The van der Waals surface area contributed by atoms with Crippen LogP contribution in [0.1, 0.15) is 125 Å². The summed E-state index contributed by atoms with van der Waals surface area (Å²) < 4.78 is 29.7. The number of aliphatic hydroxyl groups excluding tert-OH is 2. The molecule has 1 aliphatic carbocycles. The summed E-state index contributed by atoms with van der Waals surface area (Å²) in [6.45, 7) is 11.1. The highest BCUT2D eigenvalue weighted by Gasteiger charge is 2.53. The molecule has 2 bridgehead atoms. The summed E-state index contributed by atoms with van der Waals surface area (Å²) in [4.78, 5) is 57.3. The van der Waals surface area contributed by atoms with Crippen LogP contribution in [-0.4, -0.2) is 132 Å². The fraction of sp³-hybridized carbons (Fsp3) is 0.760. The van der Waals surface area contributed by atoms with Crippen LogP contribution in [0.15, 0.2) is 47.6 Å². The minimum atomic E-state index is -2.40. The summed E-state index contributed by atoms with van der Waals surface area (Å²) in [5, 5.41) is 34.1. The van der Waals surface area contributed by atoms with Gasteiger partial charge in [0.05, 0.1) is 24.4 Å². The molecule has 362 valence electrons. The molecule has 3 fully saturated rings. The highest BCUT2D eigenvalue weighted by Crippen LogP contribution is 2.37. The zero-order chi connectivity index (χ0) is 47.3. The van der Waals surface area contributed by atoms with E-state index in [0.29, 0.717) is 63.4 Å². The molecule has 1 saturated carbocycles. The van der Waals surface area contributed by atoms with E-state index >= 15 is 0 Å². The van der Waals surface area contributed by atoms with Gasteiger partial charge in [-0.25, -0.2) is 4.79 Å². The average Bonchev–Trinajstić information content (AvgIpc) is 3.28. The number of hydrogen-bond donors (Lipinski definition) is 4. The quantitative estimate of drug-likeness (QED) is 0.144. The zero-order valence-corrected chi connectivity index (χ0v) is 40.0. The first-order chi connectivity index (χ1) is 30.3. The maximum atomic E-state index is 14.3. The second-order valence-corrected chi connectivity index (χ2v) is 19.4. The predicted molar refractivity (Wildman–Crippen MR) is 244 cm³/mol. The molecule has 0 aromatic rings. The number of hydrogen-bond acceptors (Lipinski definition) is 13. The van der Waals surface area contributed by atoms with Crippen molar-refractivity contribution in [1.29, 1.82) is 0 Å². The number of carbonyl (C=O) groups is 4. The summed E-state index contributed by atoms with van der Waals surface area (Å²) in [5.74, 6) is -6.76. The number of Topliss-reactive ketones (excluding diaryl/α,β-unsaturated/α-hetero) is 2. The van der Waals surface area contributed by atoms with Crippen LogP contribution in [0.5, 0.6) is 0 Å². The highest BCUT2D eigenvalue weighted by molar-refractivity contribution is 6.39. The second kappa shape index (κ2) is 25.2. The number of nitrogens with two attached hydrogens (primary N) is 1. The van der Waals surface area contributed by atoms with Gasteiger partial charge in [-0.05, 0) is 120 Å². The number of methoxy groups -OCH3 is 3. The normalized spacial score (nSPS) is 40.8. The summed E-state index contributed by atoms with van der Waals surface area (Å²) >= 11 is 0. The molecule has 3 heterocycles. The SMILES string of the molecule is CO[C@H]1C[C@@H]2CC[C@@H](C)[C@@](O)(O2)C(=O)C(=O)N2CCCC[C@H]2C(=O)O[C@H]([C@H](N)C[C@@H]2CC[C@@H](OC)[C@H](OC)C2)CC[C@H](C)/C=C(\C)[C@@H](O)[C@@H](O)C(=O)[C@H](C)C[C@H](C)/C=C/C=C/C=C/1C. The lowest BCUT2D eigenvalue weighted by Gasteiger charge is -2.42. The second-order valence-electron chi connectivity index (χ2n) is 19.4. The van der Waals surface area contributed by atoms with Gasteiger partial charge in [-0.15, -0.1) is 0 Å². The Bertz CT molecular complexity index is 1680. The Morgan fingerprint density at radius 2 is 1.52 bits per heavy atom. The number of allylic oxidation sites excluding steroid dienone is 6. The van der Waals surface area contributed by atoms with E-state index in [1.165, 1.54) is 4.90 Å². The van der Waals surface area contributed by atoms with Crippen molar-refractivity contribution in [2.45, 2.75) is 186 Å². The molecule has 64 heavy (non-hydrogen) atoms. The first-order valence-corrected chi connectivity index (χ1v) is 23.7. The fourth-order valence-electron chi connectivity index (χ4n) is 10.1. The Labute approximate surface area is 382 Å². The molecule has 5 N–H and O–H groups in total. The number of esters is 1. The van der Waals surface area contributed by atoms with Crippen molar-refractivity contribution < 1.29 is 58.2 Å². The number of ether oxygens (including phenoxy) is 5. The molecule has 4 rings (SSSR count). The molecule has 0 radical (unpaired) electrons. The Balaban J connectivity index is 1.66. The van der Waals surface area contributed by atoms with Crippen LogP contribution >= 0.6 is 0 Å². The fourth-order valence-corrected chi connectivity index (χ4v) is 10.1. The first kappa shape index (κ1) is 53.5. The Morgan fingerprint density at radius 1 is 0.797 bits per heavy atom. The third-order valence-electron chi connectivity index (χ3n) is 14.3. The summed E-state index contributed by atoms with van der Waals surface area (Å²) in [5.41, 5.74) is 8.28. The predicted octanol–water partition coefficient (Wildman–Crippen LogP) is 5.69. The molecule has 15 atom stereocenters. The van der Waals surface area contributed by atoms with E-state index in [0.717, 1.165) is 24.8 Å². The standard InChI is InChI=1S/C50H80N2O12/c1-30-15-11-10-12-16-32(3)42(61-8)29-37-21-19-35(6)50(59,64-37)47(56)48(57)52-24-14-13-17-39(52)49(58)63-40(38(51)27-36-20-23-41(60-7)43(28-36)62-9)22-18-31(2)26-34(5)45(54)46(55)44(53)33(4)25-30/h10-12,15-16,26,30-31,33,35-43,45-46,54-55,59H,13-14,17-25,27-29,51H2,1-9H3/b12-10+,15-11+,32-16+,34-26+/t30-,31+,33-,35-,36+,37+,38-,39+,40+,41-,42+,43-,45-,46+,50-/m1/s1. The number of fused-ring (bicyclic) bond motifs is 3. The molecular weight excluding hydrogens is 821 g/mol. The third kappa shape index (κ3) is 14.2. The van der Waals surface area contributed by atoms with E-state index in [1.807, 2.05) is 57.2 Å². The number of nitrogens with zero attached hydrogens (tertiary/aromatic N) is 1. The molecule has 1 amide bonds. The van der Waals surface area contributed by atoms with Gasteiger partial charge < -0.3 is 49.6 Å². The van der Waals surface area contributed by atoms with Crippen molar-refractivity contribution >= 4 is 23.4 Å². The molecule has 3 aliphatic heterocycles. The number of aliphatic hydroxyl groups is 3. The van der Waals surface area contributed by atoms with Gasteiger partial charge in [0.15, 0.2) is 5.78 Å². The van der Waals surface area contributed by atoms with E-state index in [9.17, 15) is 34.5 Å². The first-order valence-electron chi connectivity index (χ1n) is 23.7. The lowest BCUT2D eigenvalue weighted by atomic mass is 9.80. The molecule has 0 spiro atoms. The van der Waals surface area contributed by atoms with Gasteiger partial charge in [0.25, 0.3) is 11.7 Å². The zero-order valence-electron chi connectivity index (χ0n) is 40.0. The van der Waals surface area contributed by atoms with Gasteiger partial charge in [0, 0.05) is 52.2 Å². The van der Waals surface area contributed by atoms with Gasteiger partial charge in [-0.1, -0.05) is 64.2 Å². The van der Waals surface area contributed by atoms with E-state index in [4.69, 9.17) is 29.4 Å². The van der Waals surface area contributed by atoms with Crippen LogP contribution in [0.4, 0.5) is 0 Å². The largest absolute Gasteiger partial charge is 0.459 e. The van der Waals surface area contributed by atoms with Crippen LogP contribution in [0.25, 0.3) is 0 Å². The molecule has 0 aromatic carbocycles. The summed E-state index contributed by atoms with van der Waals surface area (Å²) in [7, 11) is 4.93. The van der Waals surface area contributed by atoms with Crippen molar-refractivity contribution in [3.63, 3.8) is 0 Å². The van der Waals surface area contributed by atoms with Gasteiger partial charge in [-0.3, -0.25) is 14.4 Å². The van der Waals surface area contributed by atoms with Gasteiger partial charge in [0.2, 0.25) is 5.79 Å². The maximum Gasteiger partial charge on any atom is 0.329 e. The van der Waals surface area contributed by atoms with E-state index < -0.39 is 83.7 Å². The number of piperidine rings is 1. The van der Waals surface area contributed by atoms with Crippen molar-refractivity contribution in [1.82, 2.24) is 4.90 Å². The topological polar surface area (TPSA) is 204 Å². The molecule has 4 aliphatic rings. The average molecular weight is 901 g/mol. The highest BCUT2D eigenvalue weighted by atomic mass is 16.6. The smallest absolute Gasteiger partial charge is 0.329 e. The van der Waals surface area contributed by atoms with E-state index in [2.05, 4.69) is 0 Å². The third-order valence-corrected chi connectivity index (χ3v) is 14.3. The molecule has 0 unspecified atom stereocenters. The lowest BCUT2D eigenvalue weighted by molar-refractivity contribution is -0.265. The van der Waals surface area contributed by atoms with Gasteiger partial charge >= 0.3 is 5.97 Å². The summed E-state index contributed by atoms with van der Waals surface area (Å²) in [6.07, 6.45) is 13.5. The molecule has 0 aromatic heterocycles. The van der Waals surface area contributed by atoms with Crippen molar-refractivity contribution in [3.05, 3.63) is 47.6 Å². The van der Waals surface area contributed by atoms with Crippen molar-refractivity contribution in [2.24, 2.45) is 35.3 Å². The lowest BCUT2D eigenvalue weighted by Crippen LogP contribution is -2.61. The van der Waals surface area contributed by atoms with E-state index in [-0.39, 0.29) is 42.9 Å². The van der Waals surface area contributed by atoms with Gasteiger partial charge in [0.1, 0.15) is 24.4 Å². The van der Waals surface area contributed by atoms with E-state index in [1.54, 1.807) is 42.1 Å². The number of rotatable bonds is 6. The van der Waals surface area contributed by atoms with Gasteiger partial charge in [-0.2, -0.15) is 0 Å². The number of cyclic esters (lactones) is 1. The molecule has 2 saturated heterocycles. The van der Waals surface area contributed by atoms with Crippen LogP contribution in [0, 0.1) is 29.6 Å².